The summed E-state index contributed by atoms with van der Waals surface area (Å²) < 4.78 is 14.0. The molecule has 1 aliphatic carbocycles. The molecule has 1 nitrogen and oxygen atoms in total. The van der Waals surface area contributed by atoms with Gasteiger partial charge < -0.3 is 5.32 Å². The second kappa shape index (κ2) is 6.68. The predicted octanol–water partition coefficient (Wildman–Crippen LogP) is 6.16. The molecule has 0 unspecified atom stereocenters. The number of halogens is 2. The first-order valence-corrected chi connectivity index (χ1v) is 8.76. The Morgan fingerprint density at radius 2 is 1.81 bits per heavy atom. The lowest BCUT2D eigenvalue weighted by Crippen LogP contribution is -2.28. The van der Waals surface area contributed by atoms with E-state index in [0.29, 0.717) is 9.89 Å². The maximum atomic E-state index is 13.4. The van der Waals surface area contributed by atoms with Crippen LogP contribution in [0.4, 0.5) is 10.1 Å². The fourth-order valence-electron chi connectivity index (χ4n) is 3.32. The lowest BCUT2D eigenvalue weighted by atomic mass is 9.70. The summed E-state index contributed by atoms with van der Waals surface area (Å²) in [6.07, 6.45) is 5.27. The van der Waals surface area contributed by atoms with E-state index in [2.05, 4.69) is 42.0 Å². The Balaban J connectivity index is 1.87. The van der Waals surface area contributed by atoms with Crippen LogP contribution in [-0.2, 0) is 0 Å². The second-order valence-electron chi connectivity index (χ2n) is 7.55. The summed E-state index contributed by atoms with van der Waals surface area (Å²) in [5.74, 6) is 1.41. The molecule has 1 aliphatic rings. The number of anilines is 1. The van der Waals surface area contributed by atoms with Crippen LogP contribution in [0.25, 0.3) is 0 Å². The lowest BCUT2D eigenvalue weighted by Gasteiger charge is -2.37. The minimum atomic E-state index is -0.191. The maximum absolute atomic E-state index is 13.4. The van der Waals surface area contributed by atoms with Crippen molar-refractivity contribution in [2.24, 2.45) is 17.3 Å². The molecular formula is C18H27BrFN. The van der Waals surface area contributed by atoms with Crippen LogP contribution >= 0.6 is 15.9 Å². The largest absolute Gasteiger partial charge is 0.385 e. The van der Waals surface area contributed by atoms with Crippen LogP contribution in [0.3, 0.4) is 0 Å². The fourth-order valence-corrected chi connectivity index (χ4v) is 3.67. The molecule has 0 spiro atoms. The van der Waals surface area contributed by atoms with Gasteiger partial charge in [-0.15, -0.1) is 0 Å². The van der Waals surface area contributed by atoms with E-state index < -0.39 is 0 Å². The average molecular weight is 356 g/mol. The molecule has 1 fully saturated rings. The molecule has 1 saturated carbocycles. The van der Waals surface area contributed by atoms with E-state index >= 15 is 0 Å². The zero-order valence-corrected chi connectivity index (χ0v) is 15.2. The van der Waals surface area contributed by atoms with Gasteiger partial charge in [0.15, 0.2) is 0 Å². The van der Waals surface area contributed by atoms with Gasteiger partial charge in [-0.05, 0) is 83.5 Å². The SMILES string of the molecule is Cc1cc(F)c(Br)cc1NCC1CCC(C(C)(C)C)CC1. The average Bonchev–Trinajstić information content (AvgIpc) is 2.41. The van der Waals surface area contributed by atoms with E-state index in [9.17, 15) is 4.39 Å². The highest BCUT2D eigenvalue weighted by atomic mass is 79.9. The smallest absolute Gasteiger partial charge is 0.137 e. The van der Waals surface area contributed by atoms with Gasteiger partial charge in [0.1, 0.15) is 5.82 Å². The monoisotopic (exact) mass is 355 g/mol. The number of hydrogen-bond donors (Lipinski definition) is 1. The number of benzene rings is 1. The summed E-state index contributed by atoms with van der Waals surface area (Å²) in [5, 5.41) is 3.51. The molecule has 0 amide bonds. The number of nitrogens with one attached hydrogen (secondary N) is 1. The Bertz CT molecular complexity index is 485. The van der Waals surface area contributed by atoms with E-state index in [1.165, 1.54) is 25.7 Å². The van der Waals surface area contributed by atoms with Crippen LogP contribution < -0.4 is 5.32 Å². The van der Waals surface area contributed by atoms with Crippen LogP contribution in [-0.4, -0.2) is 6.54 Å². The Morgan fingerprint density at radius 3 is 2.38 bits per heavy atom. The third kappa shape index (κ3) is 4.45. The fraction of sp³-hybridized carbons (Fsp3) is 0.667. The van der Waals surface area contributed by atoms with Gasteiger partial charge in [-0.2, -0.15) is 0 Å². The molecule has 0 heterocycles. The molecule has 0 bridgehead atoms. The molecule has 118 valence electrons. The Labute approximate surface area is 136 Å². The van der Waals surface area contributed by atoms with Crippen molar-refractivity contribution in [3.05, 3.63) is 28.0 Å². The molecule has 0 aliphatic heterocycles. The van der Waals surface area contributed by atoms with Gasteiger partial charge in [-0.1, -0.05) is 20.8 Å². The van der Waals surface area contributed by atoms with Crippen LogP contribution in [0, 0.1) is 30.0 Å². The second-order valence-corrected chi connectivity index (χ2v) is 8.40. The van der Waals surface area contributed by atoms with Crippen molar-refractivity contribution in [3.63, 3.8) is 0 Å². The first-order valence-electron chi connectivity index (χ1n) is 7.97. The van der Waals surface area contributed by atoms with Crippen molar-refractivity contribution in [2.45, 2.75) is 53.4 Å². The minimum absolute atomic E-state index is 0.191. The number of rotatable bonds is 3. The molecule has 21 heavy (non-hydrogen) atoms. The summed E-state index contributed by atoms with van der Waals surface area (Å²) in [5.41, 5.74) is 2.46. The van der Waals surface area contributed by atoms with Crippen LogP contribution in [0.15, 0.2) is 16.6 Å². The van der Waals surface area contributed by atoms with Crippen molar-refractivity contribution in [1.29, 1.82) is 0 Å². The molecule has 3 heteroatoms. The molecule has 0 radical (unpaired) electrons. The van der Waals surface area contributed by atoms with Gasteiger partial charge in [0.25, 0.3) is 0 Å². The predicted molar refractivity (Wildman–Crippen MR) is 92.2 cm³/mol. The summed E-state index contributed by atoms with van der Waals surface area (Å²) >= 11 is 3.26. The van der Waals surface area contributed by atoms with Crippen LogP contribution in [0.2, 0.25) is 0 Å². The summed E-state index contributed by atoms with van der Waals surface area (Å²) in [6, 6.07) is 3.44. The normalized spacial score (nSPS) is 23.1. The zero-order valence-electron chi connectivity index (χ0n) is 13.6. The third-order valence-electron chi connectivity index (χ3n) is 4.92. The zero-order chi connectivity index (χ0) is 15.6. The van der Waals surface area contributed by atoms with Crippen molar-refractivity contribution in [1.82, 2.24) is 0 Å². The maximum Gasteiger partial charge on any atom is 0.137 e. The van der Waals surface area contributed by atoms with Gasteiger partial charge in [-0.25, -0.2) is 4.39 Å². The van der Waals surface area contributed by atoms with Gasteiger partial charge in [-0.3, -0.25) is 0 Å². The van der Waals surface area contributed by atoms with Gasteiger partial charge in [0, 0.05) is 12.2 Å². The molecular weight excluding hydrogens is 329 g/mol. The van der Waals surface area contributed by atoms with Crippen molar-refractivity contribution < 1.29 is 4.39 Å². The van der Waals surface area contributed by atoms with E-state index in [4.69, 9.17) is 0 Å². The molecule has 0 aromatic heterocycles. The minimum Gasteiger partial charge on any atom is -0.385 e. The molecule has 0 atom stereocenters. The van der Waals surface area contributed by atoms with Crippen molar-refractivity contribution in [2.75, 3.05) is 11.9 Å². The van der Waals surface area contributed by atoms with Gasteiger partial charge >= 0.3 is 0 Å². The summed E-state index contributed by atoms with van der Waals surface area (Å²) in [4.78, 5) is 0. The van der Waals surface area contributed by atoms with E-state index in [1.54, 1.807) is 6.07 Å². The Morgan fingerprint density at radius 1 is 1.19 bits per heavy atom. The Hall–Kier alpha value is -0.570. The first kappa shape index (κ1) is 16.8. The molecule has 1 N–H and O–H groups in total. The highest BCUT2D eigenvalue weighted by molar-refractivity contribution is 9.10. The van der Waals surface area contributed by atoms with Crippen molar-refractivity contribution >= 4 is 21.6 Å². The highest BCUT2D eigenvalue weighted by Gasteiger charge is 2.29. The number of aryl methyl sites for hydroxylation is 1. The topological polar surface area (TPSA) is 12.0 Å². The highest BCUT2D eigenvalue weighted by Crippen LogP contribution is 2.39. The standard InChI is InChI=1S/C18H27BrFN/c1-12-9-16(20)15(19)10-17(12)21-11-13-5-7-14(8-6-13)18(2,3)4/h9-10,13-14,21H,5-8,11H2,1-4H3. The molecule has 1 aromatic carbocycles. The van der Waals surface area contributed by atoms with Gasteiger partial charge in [0.2, 0.25) is 0 Å². The molecule has 0 saturated heterocycles. The summed E-state index contributed by atoms with van der Waals surface area (Å²) in [6.45, 7) is 10.0. The first-order chi connectivity index (χ1) is 9.77. The van der Waals surface area contributed by atoms with E-state index in [-0.39, 0.29) is 5.82 Å². The Kier molecular flexibility index (Phi) is 5.34. The van der Waals surface area contributed by atoms with Gasteiger partial charge in [0.05, 0.1) is 4.47 Å². The number of hydrogen-bond acceptors (Lipinski definition) is 1. The third-order valence-corrected chi connectivity index (χ3v) is 5.53. The molecule has 1 aromatic rings. The summed E-state index contributed by atoms with van der Waals surface area (Å²) in [7, 11) is 0. The van der Waals surface area contributed by atoms with Crippen molar-refractivity contribution in [3.8, 4) is 0 Å². The van der Waals surface area contributed by atoms with Crippen LogP contribution in [0.5, 0.6) is 0 Å². The quantitative estimate of drug-likeness (QED) is 0.684. The van der Waals surface area contributed by atoms with Crippen LogP contribution in [0.1, 0.15) is 52.0 Å². The molecule has 2 rings (SSSR count). The van der Waals surface area contributed by atoms with E-state index in [1.807, 2.05) is 13.0 Å². The van der Waals surface area contributed by atoms with E-state index in [0.717, 1.165) is 29.6 Å². The lowest BCUT2D eigenvalue weighted by molar-refractivity contribution is 0.153.